The van der Waals surface area contributed by atoms with E-state index in [1.807, 2.05) is 13.8 Å². The van der Waals surface area contributed by atoms with Crippen molar-refractivity contribution in [2.24, 2.45) is 11.3 Å². The highest BCUT2D eigenvalue weighted by Crippen LogP contribution is 2.45. The van der Waals surface area contributed by atoms with Gasteiger partial charge in [-0.05, 0) is 30.8 Å². The summed E-state index contributed by atoms with van der Waals surface area (Å²) in [5, 5.41) is 8.75. The first-order valence-electron chi connectivity index (χ1n) is 6.49. The van der Waals surface area contributed by atoms with Crippen LogP contribution in [0.2, 0.25) is 0 Å². The van der Waals surface area contributed by atoms with Gasteiger partial charge in [0.05, 0.1) is 5.41 Å². The number of aliphatic hydroxyl groups is 1. The van der Waals surface area contributed by atoms with Crippen molar-refractivity contribution in [1.82, 2.24) is 0 Å². The molecule has 0 aromatic carbocycles. The molecule has 0 heterocycles. The summed E-state index contributed by atoms with van der Waals surface area (Å²) in [4.78, 5) is 23.1. The molecule has 0 aromatic rings. The van der Waals surface area contributed by atoms with Crippen molar-refractivity contribution in [2.75, 3.05) is 6.79 Å². The minimum atomic E-state index is -0.671. The van der Waals surface area contributed by atoms with Crippen LogP contribution in [0.25, 0.3) is 0 Å². The summed E-state index contributed by atoms with van der Waals surface area (Å²) >= 11 is 0. The predicted octanol–water partition coefficient (Wildman–Crippen LogP) is 1.79. The Morgan fingerprint density at radius 3 is 2.58 bits per heavy atom. The second-order valence-electron chi connectivity index (χ2n) is 5.24. The second-order valence-corrected chi connectivity index (χ2v) is 5.24. The molecular weight excluding hydrogens is 248 g/mol. The van der Waals surface area contributed by atoms with Crippen LogP contribution in [0.1, 0.15) is 40.0 Å². The zero-order valence-corrected chi connectivity index (χ0v) is 11.8. The van der Waals surface area contributed by atoms with Gasteiger partial charge in [-0.15, -0.1) is 0 Å². The zero-order valence-electron chi connectivity index (χ0n) is 11.8. The third-order valence-electron chi connectivity index (χ3n) is 3.80. The molecule has 5 nitrogen and oxygen atoms in total. The van der Waals surface area contributed by atoms with Crippen molar-refractivity contribution in [3.05, 3.63) is 12.2 Å². The van der Waals surface area contributed by atoms with Gasteiger partial charge in [-0.2, -0.15) is 0 Å². The van der Waals surface area contributed by atoms with Crippen LogP contribution in [0.4, 0.5) is 0 Å². The third kappa shape index (κ3) is 3.35. The van der Waals surface area contributed by atoms with Crippen LogP contribution >= 0.6 is 0 Å². The van der Waals surface area contributed by atoms with E-state index >= 15 is 0 Å². The number of hydrogen-bond donors (Lipinski definition) is 1. The maximum atomic E-state index is 12.0. The third-order valence-corrected chi connectivity index (χ3v) is 3.80. The molecule has 1 rings (SSSR count). The molecule has 0 spiro atoms. The summed E-state index contributed by atoms with van der Waals surface area (Å²) in [6.07, 6.45) is 1.23. The Balaban J connectivity index is 2.89. The van der Waals surface area contributed by atoms with Gasteiger partial charge in [-0.25, -0.2) is 0 Å². The van der Waals surface area contributed by atoms with E-state index < -0.39 is 18.2 Å². The molecule has 0 radical (unpaired) electrons. The number of rotatable bonds is 4. The molecule has 0 bridgehead atoms. The summed E-state index contributed by atoms with van der Waals surface area (Å²) in [5.74, 6) is -0.761. The summed E-state index contributed by atoms with van der Waals surface area (Å²) in [7, 11) is 0. The topological polar surface area (TPSA) is 72.8 Å². The normalized spacial score (nSPS) is 30.8. The minimum absolute atomic E-state index is 0.00339. The number of aliphatic hydroxyl groups excluding tert-OH is 1. The van der Waals surface area contributed by atoms with Crippen LogP contribution in [-0.4, -0.2) is 29.9 Å². The van der Waals surface area contributed by atoms with Crippen LogP contribution in [0.15, 0.2) is 12.2 Å². The van der Waals surface area contributed by atoms with E-state index in [2.05, 4.69) is 6.58 Å². The molecule has 19 heavy (non-hydrogen) atoms. The summed E-state index contributed by atoms with van der Waals surface area (Å²) in [6.45, 7) is 8.52. The van der Waals surface area contributed by atoms with E-state index in [0.717, 1.165) is 5.57 Å². The molecule has 3 atom stereocenters. The van der Waals surface area contributed by atoms with Gasteiger partial charge in [0.15, 0.2) is 6.79 Å². The molecular formula is C14H22O5. The molecule has 0 amide bonds. The Labute approximate surface area is 113 Å². The lowest BCUT2D eigenvalue weighted by Crippen LogP contribution is -2.44. The van der Waals surface area contributed by atoms with Crippen molar-refractivity contribution < 1.29 is 24.2 Å². The monoisotopic (exact) mass is 270 g/mol. The SMILES string of the molecule is C=C1CC(CC)(C(=O)OCO)CC(C)C1OC(C)=O. The van der Waals surface area contributed by atoms with Crippen molar-refractivity contribution in [1.29, 1.82) is 0 Å². The average Bonchev–Trinajstić information content (AvgIpc) is 2.33. The average molecular weight is 270 g/mol. The number of ether oxygens (including phenoxy) is 2. The van der Waals surface area contributed by atoms with E-state index in [9.17, 15) is 9.59 Å². The standard InChI is InChI=1S/C14H22O5/c1-5-14(13(17)18-8-15)6-9(2)12(10(3)7-14)19-11(4)16/h10,12,15H,2,5-8H2,1,3-4H3. The van der Waals surface area contributed by atoms with Gasteiger partial charge in [0, 0.05) is 6.92 Å². The summed E-state index contributed by atoms with van der Waals surface area (Å²) in [6, 6.07) is 0. The molecule has 0 aromatic heterocycles. The fourth-order valence-corrected chi connectivity index (χ4v) is 2.89. The minimum Gasteiger partial charge on any atom is -0.458 e. The lowest BCUT2D eigenvalue weighted by molar-refractivity contribution is -0.169. The van der Waals surface area contributed by atoms with Gasteiger partial charge in [0.25, 0.3) is 0 Å². The van der Waals surface area contributed by atoms with Crippen LogP contribution in [-0.2, 0) is 19.1 Å². The Bertz CT molecular complexity index is 376. The largest absolute Gasteiger partial charge is 0.458 e. The fourth-order valence-electron chi connectivity index (χ4n) is 2.89. The van der Waals surface area contributed by atoms with E-state index in [0.29, 0.717) is 19.3 Å². The van der Waals surface area contributed by atoms with Crippen molar-refractivity contribution in [3.8, 4) is 0 Å². The molecule has 0 aliphatic heterocycles. The molecule has 0 saturated heterocycles. The Morgan fingerprint density at radius 2 is 2.16 bits per heavy atom. The van der Waals surface area contributed by atoms with Gasteiger partial charge in [-0.3, -0.25) is 9.59 Å². The highest BCUT2D eigenvalue weighted by Gasteiger charge is 2.47. The van der Waals surface area contributed by atoms with E-state index in [1.54, 1.807) is 0 Å². The molecule has 1 aliphatic carbocycles. The maximum absolute atomic E-state index is 12.0. The predicted molar refractivity (Wildman–Crippen MR) is 69.0 cm³/mol. The lowest BCUT2D eigenvalue weighted by atomic mass is 9.65. The van der Waals surface area contributed by atoms with Crippen molar-refractivity contribution in [2.45, 2.75) is 46.1 Å². The summed E-state index contributed by atoms with van der Waals surface area (Å²) in [5.41, 5.74) is 0.0567. The molecule has 1 aliphatic rings. The van der Waals surface area contributed by atoms with Gasteiger partial charge < -0.3 is 14.6 Å². The molecule has 108 valence electrons. The van der Waals surface area contributed by atoms with Crippen LogP contribution in [0.3, 0.4) is 0 Å². The first-order chi connectivity index (χ1) is 8.86. The van der Waals surface area contributed by atoms with Crippen LogP contribution < -0.4 is 0 Å². The quantitative estimate of drug-likeness (QED) is 0.479. The molecule has 1 saturated carbocycles. The number of carbonyl (C=O) groups is 2. The zero-order chi connectivity index (χ0) is 14.6. The number of esters is 2. The second kappa shape index (κ2) is 6.19. The molecule has 5 heteroatoms. The van der Waals surface area contributed by atoms with E-state index in [4.69, 9.17) is 14.6 Å². The lowest BCUT2D eigenvalue weighted by Gasteiger charge is -2.42. The smallest absolute Gasteiger partial charge is 0.314 e. The first-order valence-corrected chi connectivity index (χ1v) is 6.49. The molecule has 3 unspecified atom stereocenters. The molecule has 1 N–H and O–H groups in total. The fraction of sp³-hybridized carbons (Fsp3) is 0.714. The van der Waals surface area contributed by atoms with Crippen molar-refractivity contribution >= 4 is 11.9 Å². The van der Waals surface area contributed by atoms with E-state index in [-0.39, 0.29) is 18.0 Å². The number of carbonyl (C=O) groups excluding carboxylic acids is 2. The summed E-state index contributed by atoms with van der Waals surface area (Å²) < 4.78 is 10.0. The van der Waals surface area contributed by atoms with Crippen LogP contribution in [0.5, 0.6) is 0 Å². The maximum Gasteiger partial charge on any atom is 0.314 e. The Kier molecular flexibility index (Phi) is 5.11. The Morgan fingerprint density at radius 1 is 1.53 bits per heavy atom. The van der Waals surface area contributed by atoms with Gasteiger partial charge >= 0.3 is 11.9 Å². The van der Waals surface area contributed by atoms with Gasteiger partial charge in [0.1, 0.15) is 6.10 Å². The molecule has 1 fully saturated rings. The van der Waals surface area contributed by atoms with Gasteiger partial charge in [-0.1, -0.05) is 20.4 Å². The van der Waals surface area contributed by atoms with E-state index in [1.165, 1.54) is 6.92 Å². The van der Waals surface area contributed by atoms with Crippen LogP contribution in [0, 0.1) is 11.3 Å². The first kappa shape index (κ1) is 15.7. The highest BCUT2D eigenvalue weighted by molar-refractivity contribution is 5.77. The highest BCUT2D eigenvalue weighted by atomic mass is 16.6. The number of hydrogen-bond acceptors (Lipinski definition) is 5. The van der Waals surface area contributed by atoms with Crippen molar-refractivity contribution in [3.63, 3.8) is 0 Å². The van der Waals surface area contributed by atoms with Gasteiger partial charge in [0.2, 0.25) is 0 Å². The Hall–Kier alpha value is -1.36.